The highest BCUT2D eigenvalue weighted by Crippen LogP contribution is 2.36. The van der Waals surface area contributed by atoms with E-state index >= 15 is 0 Å². The first-order valence-corrected chi connectivity index (χ1v) is 11.0. The first-order valence-electron chi connectivity index (χ1n) is 11.0. The van der Waals surface area contributed by atoms with Crippen LogP contribution in [0.3, 0.4) is 0 Å². The molecule has 4 amide bonds. The number of rotatable bonds is 4. The van der Waals surface area contributed by atoms with Crippen molar-refractivity contribution in [2.75, 3.05) is 5.01 Å². The molecule has 2 heterocycles. The predicted octanol–water partition coefficient (Wildman–Crippen LogP) is 3.28. The maximum absolute atomic E-state index is 13.1. The fourth-order valence-electron chi connectivity index (χ4n) is 4.78. The van der Waals surface area contributed by atoms with Crippen LogP contribution in [0.5, 0.6) is 0 Å². The molecule has 5 rings (SSSR count). The largest absolute Gasteiger partial charge is 0.344 e. The van der Waals surface area contributed by atoms with E-state index < -0.39 is 17.5 Å². The molecule has 8 nitrogen and oxygen atoms in total. The number of hydrogen-bond donors (Lipinski definition) is 2. The lowest BCUT2D eigenvalue weighted by molar-refractivity contribution is -0.138. The molecule has 164 valence electrons. The molecule has 1 saturated heterocycles. The van der Waals surface area contributed by atoms with Crippen LogP contribution in [0.2, 0.25) is 0 Å². The van der Waals surface area contributed by atoms with Crippen molar-refractivity contribution in [1.82, 2.24) is 15.8 Å². The van der Waals surface area contributed by atoms with Gasteiger partial charge in [-0.15, -0.1) is 0 Å². The Morgan fingerprint density at radius 1 is 0.969 bits per heavy atom. The molecule has 2 aromatic carbocycles. The maximum atomic E-state index is 13.1. The van der Waals surface area contributed by atoms with Crippen LogP contribution in [0, 0.1) is 0 Å². The molecule has 0 radical (unpaired) electrons. The maximum Gasteiger partial charge on any atom is 0.344 e. The van der Waals surface area contributed by atoms with E-state index in [2.05, 4.69) is 15.8 Å². The lowest BCUT2D eigenvalue weighted by Crippen LogP contribution is -2.52. The van der Waals surface area contributed by atoms with Crippen LogP contribution in [0.25, 0.3) is 0 Å². The third-order valence-corrected chi connectivity index (χ3v) is 6.46. The van der Waals surface area contributed by atoms with Crippen molar-refractivity contribution in [1.29, 1.82) is 0 Å². The third kappa shape index (κ3) is 3.51. The Hall–Kier alpha value is -3.68. The summed E-state index contributed by atoms with van der Waals surface area (Å²) in [4.78, 5) is 38.6. The van der Waals surface area contributed by atoms with E-state index in [0.29, 0.717) is 19.3 Å². The molecule has 1 saturated carbocycles. The number of carbonyl (C=O) groups excluding carboxylic acids is 3. The SMILES string of the molecule is O=C(NN1C(=O)NC2(CCCCC2)C1=O)C1=NN(c2ccccc2)[C@@H](c2ccccc2)C1. The number of imide groups is 1. The molecule has 8 heteroatoms. The highest BCUT2D eigenvalue weighted by Gasteiger charge is 2.52. The fraction of sp³-hybridized carbons (Fsp3) is 0.333. The Morgan fingerprint density at radius 3 is 2.31 bits per heavy atom. The van der Waals surface area contributed by atoms with E-state index in [1.54, 1.807) is 0 Å². The Bertz CT molecular complexity index is 1060. The topological polar surface area (TPSA) is 94.1 Å². The minimum absolute atomic E-state index is 0.160. The van der Waals surface area contributed by atoms with Gasteiger partial charge in [-0.3, -0.25) is 20.0 Å². The van der Waals surface area contributed by atoms with Gasteiger partial charge in [0.2, 0.25) is 0 Å². The van der Waals surface area contributed by atoms with Crippen molar-refractivity contribution >= 4 is 29.2 Å². The summed E-state index contributed by atoms with van der Waals surface area (Å²) in [6.45, 7) is 0. The van der Waals surface area contributed by atoms with E-state index in [0.717, 1.165) is 35.5 Å². The van der Waals surface area contributed by atoms with Gasteiger partial charge in [0.1, 0.15) is 11.3 Å². The highest BCUT2D eigenvalue weighted by atomic mass is 16.2. The van der Waals surface area contributed by atoms with Crippen LogP contribution >= 0.6 is 0 Å². The van der Waals surface area contributed by atoms with Gasteiger partial charge in [0.05, 0.1) is 11.7 Å². The molecule has 1 aliphatic carbocycles. The molecule has 1 spiro atoms. The molecule has 2 N–H and O–H groups in total. The normalized spacial score (nSPS) is 22.1. The van der Waals surface area contributed by atoms with Crippen LogP contribution in [-0.4, -0.2) is 34.1 Å². The van der Waals surface area contributed by atoms with Gasteiger partial charge in [-0.05, 0) is 30.5 Å². The average molecular weight is 431 g/mol. The molecule has 0 bridgehead atoms. The number of nitrogens with zero attached hydrogens (tertiary/aromatic N) is 3. The van der Waals surface area contributed by atoms with Crippen molar-refractivity contribution in [3.8, 4) is 0 Å². The summed E-state index contributed by atoms with van der Waals surface area (Å²) < 4.78 is 0. The zero-order valence-corrected chi connectivity index (χ0v) is 17.7. The van der Waals surface area contributed by atoms with Gasteiger partial charge >= 0.3 is 6.03 Å². The van der Waals surface area contributed by atoms with Gasteiger partial charge in [0.25, 0.3) is 11.8 Å². The summed E-state index contributed by atoms with van der Waals surface area (Å²) in [5.74, 6) is -0.922. The van der Waals surface area contributed by atoms with Crippen LogP contribution in [0.1, 0.15) is 50.1 Å². The smallest absolute Gasteiger partial charge is 0.322 e. The van der Waals surface area contributed by atoms with Crippen LogP contribution in [-0.2, 0) is 9.59 Å². The molecule has 0 aromatic heterocycles. The lowest BCUT2D eigenvalue weighted by Gasteiger charge is -2.30. The summed E-state index contributed by atoms with van der Waals surface area (Å²) in [6, 6.07) is 18.7. The van der Waals surface area contributed by atoms with E-state index in [9.17, 15) is 14.4 Å². The monoisotopic (exact) mass is 431 g/mol. The second kappa shape index (κ2) is 8.11. The predicted molar refractivity (Wildman–Crippen MR) is 119 cm³/mol. The van der Waals surface area contributed by atoms with E-state index in [-0.39, 0.29) is 17.7 Å². The number of para-hydroxylation sites is 1. The minimum atomic E-state index is -0.886. The number of hydrazine groups is 1. The number of urea groups is 1. The Balaban J connectivity index is 1.37. The summed E-state index contributed by atoms with van der Waals surface area (Å²) >= 11 is 0. The van der Waals surface area contributed by atoms with E-state index in [4.69, 9.17) is 0 Å². The van der Waals surface area contributed by atoms with Gasteiger partial charge in [-0.1, -0.05) is 67.8 Å². The fourth-order valence-corrected chi connectivity index (χ4v) is 4.78. The molecule has 0 unspecified atom stereocenters. The molecule has 2 fully saturated rings. The Morgan fingerprint density at radius 2 is 1.62 bits per heavy atom. The first kappa shape index (κ1) is 20.2. The summed E-state index contributed by atoms with van der Waals surface area (Å²) in [5, 5.41) is 10.0. The number of amides is 4. The molecule has 1 atom stereocenters. The zero-order valence-electron chi connectivity index (χ0n) is 17.7. The van der Waals surface area contributed by atoms with E-state index in [1.807, 2.05) is 65.7 Å². The molecular formula is C24H25N5O3. The standard InChI is InChI=1S/C24H25N5O3/c30-21(27-29-22(31)24(25-23(29)32)14-8-3-9-15-24)19-16-20(17-10-4-1-5-11-17)28(26-19)18-12-6-2-7-13-18/h1-2,4-7,10-13,20H,3,8-9,14-16H2,(H,25,32)(H,27,30)/t20-/m1/s1. The molecule has 3 aliphatic rings. The van der Waals surface area contributed by atoms with Crippen LogP contribution < -0.4 is 15.8 Å². The van der Waals surface area contributed by atoms with Crippen molar-refractivity contribution in [2.45, 2.75) is 50.1 Å². The number of anilines is 1. The summed E-state index contributed by atoms with van der Waals surface area (Å²) in [6.07, 6.45) is 4.37. The van der Waals surface area contributed by atoms with Crippen LogP contribution in [0.15, 0.2) is 65.8 Å². The number of carbonyl (C=O) groups is 3. The van der Waals surface area contributed by atoms with Crippen molar-refractivity contribution in [2.24, 2.45) is 5.10 Å². The van der Waals surface area contributed by atoms with Crippen molar-refractivity contribution in [3.05, 3.63) is 66.2 Å². The molecule has 2 aromatic rings. The lowest BCUT2D eigenvalue weighted by atomic mass is 9.82. The number of nitrogens with one attached hydrogen (secondary N) is 2. The van der Waals surface area contributed by atoms with Crippen molar-refractivity contribution in [3.63, 3.8) is 0 Å². The molecule has 32 heavy (non-hydrogen) atoms. The number of hydrogen-bond acceptors (Lipinski definition) is 5. The summed E-state index contributed by atoms with van der Waals surface area (Å²) in [5.41, 5.74) is 3.78. The third-order valence-electron chi connectivity index (χ3n) is 6.46. The summed E-state index contributed by atoms with van der Waals surface area (Å²) in [7, 11) is 0. The highest BCUT2D eigenvalue weighted by molar-refractivity contribution is 6.40. The molecular weight excluding hydrogens is 406 g/mol. The second-order valence-corrected chi connectivity index (χ2v) is 8.51. The van der Waals surface area contributed by atoms with Crippen molar-refractivity contribution < 1.29 is 14.4 Å². The van der Waals surface area contributed by atoms with E-state index in [1.165, 1.54) is 0 Å². The Labute approximate surface area is 186 Å². The second-order valence-electron chi connectivity index (χ2n) is 8.51. The minimum Gasteiger partial charge on any atom is -0.322 e. The molecule has 2 aliphatic heterocycles. The number of benzene rings is 2. The van der Waals surface area contributed by atoms with Crippen LogP contribution in [0.4, 0.5) is 10.5 Å². The van der Waals surface area contributed by atoms with Gasteiger partial charge in [0, 0.05) is 6.42 Å². The van der Waals surface area contributed by atoms with Gasteiger partial charge in [-0.25, -0.2) is 4.79 Å². The van der Waals surface area contributed by atoms with Gasteiger partial charge < -0.3 is 5.32 Å². The first-order chi connectivity index (χ1) is 15.6. The number of hydrazone groups is 1. The quantitative estimate of drug-likeness (QED) is 0.727. The Kier molecular flexibility index (Phi) is 5.13. The zero-order chi connectivity index (χ0) is 22.1. The average Bonchev–Trinajstić information content (AvgIpc) is 3.37. The van der Waals surface area contributed by atoms with Gasteiger partial charge in [0.15, 0.2) is 0 Å². The van der Waals surface area contributed by atoms with Gasteiger partial charge in [-0.2, -0.15) is 10.1 Å².